The maximum absolute atomic E-state index is 13.1. The molecule has 138 valence electrons. The molecule has 0 saturated carbocycles. The van der Waals surface area contributed by atoms with Crippen LogP contribution in [0.1, 0.15) is 41.3 Å². The van der Waals surface area contributed by atoms with Crippen LogP contribution in [0, 0.1) is 0 Å². The summed E-state index contributed by atoms with van der Waals surface area (Å²) in [6, 6.07) is 20.0. The zero-order chi connectivity index (χ0) is 18.7. The fourth-order valence-electron chi connectivity index (χ4n) is 3.59. The van der Waals surface area contributed by atoms with Crippen molar-refractivity contribution in [1.29, 1.82) is 0 Å². The Morgan fingerprint density at radius 1 is 0.852 bits per heavy atom. The third-order valence-electron chi connectivity index (χ3n) is 5.02. The lowest BCUT2D eigenvalue weighted by Crippen LogP contribution is -2.30. The van der Waals surface area contributed by atoms with E-state index in [0.717, 1.165) is 30.4 Å². The Kier molecular flexibility index (Phi) is 5.05. The molecule has 4 rings (SSSR count). The summed E-state index contributed by atoms with van der Waals surface area (Å²) in [7, 11) is -3.68. The number of aromatic nitrogens is 1. The molecule has 0 amide bonds. The molecule has 2 aromatic carbocycles. The first-order chi connectivity index (χ1) is 13.1. The number of hydrogen-bond donors (Lipinski definition) is 1. The summed E-state index contributed by atoms with van der Waals surface area (Å²) in [6.07, 6.45) is 5.95. The van der Waals surface area contributed by atoms with Gasteiger partial charge in [0.05, 0.1) is 16.6 Å². The number of hydrogen-bond acceptors (Lipinski definition) is 3. The molecule has 1 heterocycles. The van der Waals surface area contributed by atoms with Gasteiger partial charge in [0, 0.05) is 6.20 Å². The van der Waals surface area contributed by atoms with Gasteiger partial charge >= 0.3 is 0 Å². The minimum absolute atomic E-state index is 0.319. The first kappa shape index (κ1) is 17.9. The van der Waals surface area contributed by atoms with E-state index in [4.69, 9.17) is 0 Å². The minimum atomic E-state index is -3.68. The van der Waals surface area contributed by atoms with Gasteiger partial charge in [-0.05, 0) is 66.6 Å². The molecule has 0 saturated heterocycles. The third-order valence-corrected chi connectivity index (χ3v) is 6.44. The first-order valence-corrected chi connectivity index (χ1v) is 10.7. The molecule has 3 aromatic rings. The van der Waals surface area contributed by atoms with Crippen LogP contribution in [0.15, 0.2) is 77.8 Å². The number of sulfonamides is 1. The van der Waals surface area contributed by atoms with Crippen molar-refractivity contribution < 1.29 is 8.42 Å². The molecule has 27 heavy (non-hydrogen) atoms. The monoisotopic (exact) mass is 378 g/mol. The van der Waals surface area contributed by atoms with Gasteiger partial charge in [-0.1, -0.05) is 42.5 Å². The second-order valence-corrected chi connectivity index (χ2v) is 8.57. The van der Waals surface area contributed by atoms with Crippen molar-refractivity contribution in [3.63, 3.8) is 0 Å². The topological polar surface area (TPSA) is 59.1 Å². The summed E-state index contributed by atoms with van der Waals surface area (Å²) in [6.45, 7) is 0. The van der Waals surface area contributed by atoms with Gasteiger partial charge in [0.25, 0.3) is 0 Å². The molecule has 4 nitrogen and oxygen atoms in total. The Hall–Kier alpha value is -2.50. The van der Waals surface area contributed by atoms with Crippen LogP contribution in [0.3, 0.4) is 0 Å². The van der Waals surface area contributed by atoms with Crippen LogP contribution in [0.4, 0.5) is 0 Å². The Labute approximate surface area is 160 Å². The fourth-order valence-corrected chi connectivity index (χ4v) is 4.84. The number of nitrogens with one attached hydrogen (secondary N) is 1. The van der Waals surface area contributed by atoms with Crippen LogP contribution in [-0.2, 0) is 22.9 Å². The summed E-state index contributed by atoms with van der Waals surface area (Å²) in [4.78, 5) is 4.70. The molecule has 0 radical (unpaired) electrons. The molecule has 5 heteroatoms. The molecule has 1 aromatic heterocycles. The highest BCUT2D eigenvalue weighted by Crippen LogP contribution is 2.26. The van der Waals surface area contributed by atoms with Crippen molar-refractivity contribution in [3.8, 4) is 0 Å². The first-order valence-electron chi connectivity index (χ1n) is 9.23. The number of benzene rings is 2. The Morgan fingerprint density at radius 2 is 1.59 bits per heavy atom. The van der Waals surface area contributed by atoms with E-state index in [0.29, 0.717) is 10.6 Å². The van der Waals surface area contributed by atoms with E-state index in [1.165, 1.54) is 12.0 Å². The van der Waals surface area contributed by atoms with Crippen molar-refractivity contribution in [2.45, 2.75) is 36.6 Å². The fraction of sp³-hybridized carbons (Fsp3) is 0.227. The number of aryl methyl sites for hydroxylation is 2. The highest BCUT2D eigenvalue weighted by molar-refractivity contribution is 7.89. The molecule has 0 aliphatic heterocycles. The Morgan fingerprint density at radius 3 is 2.33 bits per heavy atom. The standard InChI is InChI=1S/C22H22N2O2S/c25-27(26,20-14-13-17-8-4-5-11-19(17)16-20)24-22(18-9-2-1-3-10-18)21-12-6-7-15-23-21/h1-3,6-7,9-10,12-16,22,24H,4-5,8,11H2. The van der Waals surface area contributed by atoms with Gasteiger partial charge in [-0.25, -0.2) is 8.42 Å². The molecule has 0 spiro atoms. The molecule has 1 aliphatic rings. The number of nitrogens with zero attached hydrogens (tertiary/aromatic N) is 1. The highest BCUT2D eigenvalue weighted by Gasteiger charge is 2.24. The lowest BCUT2D eigenvalue weighted by molar-refractivity contribution is 0.569. The largest absolute Gasteiger partial charge is 0.259 e. The summed E-state index contributed by atoms with van der Waals surface area (Å²) < 4.78 is 29.1. The smallest absolute Gasteiger partial charge is 0.241 e. The predicted molar refractivity (Wildman–Crippen MR) is 106 cm³/mol. The molecule has 1 unspecified atom stereocenters. The van der Waals surface area contributed by atoms with Gasteiger partial charge in [0.15, 0.2) is 0 Å². The average molecular weight is 378 g/mol. The van der Waals surface area contributed by atoms with E-state index in [1.54, 1.807) is 12.3 Å². The van der Waals surface area contributed by atoms with Crippen LogP contribution < -0.4 is 4.72 Å². The quantitative estimate of drug-likeness (QED) is 0.729. The zero-order valence-electron chi connectivity index (χ0n) is 15.0. The van der Waals surface area contributed by atoms with E-state index < -0.39 is 16.1 Å². The van der Waals surface area contributed by atoms with Gasteiger partial charge < -0.3 is 0 Å². The second kappa shape index (κ2) is 7.62. The average Bonchev–Trinajstić information content (AvgIpc) is 2.73. The zero-order valence-corrected chi connectivity index (χ0v) is 15.8. The maximum atomic E-state index is 13.1. The van der Waals surface area contributed by atoms with Crippen molar-refractivity contribution in [2.75, 3.05) is 0 Å². The SMILES string of the molecule is O=S(=O)(NC(c1ccccc1)c1ccccn1)c1ccc2c(c1)CCCC2. The number of rotatable bonds is 5. The summed E-state index contributed by atoms with van der Waals surface area (Å²) >= 11 is 0. The van der Waals surface area contributed by atoms with Gasteiger partial charge in [-0.15, -0.1) is 0 Å². The number of pyridine rings is 1. The van der Waals surface area contributed by atoms with Gasteiger partial charge in [0.1, 0.15) is 0 Å². The van der Waals surface area contributed by atoms with Crippen molar-refractivity contribution in [2.24, 2.45) is 0 Å². The van der Waals surface area contributed by atoms with Crippen LogP contribution in [0.25, 0.3) is 0 Å². The normalized spacial score (nSPS) is 15.1. The van der Waals surface area contributed by atoms with Gasteiger partial charge in [-0.2, -0.15) is 4.72 Å². The molecule has 1 atom stereocenters. The van der Waals surface area contributed by atoms with Gasteiger partial charge in [0.2, 0.25) is 10.0 Å². The van der Waals surface area contributed by atoms with Crippen LogP contribution in [-0.4, -0.2) is 13.4 Å². The number of fused-ring (bicyclic) bond motifs is 1. The molecule has 1 N–H and O–H groups in total. The molecular formula is C22H22N2O2S. The van der Waals surface area contributed by atoms with Crippen LogP contribution >= 0.6 is 0 Å². The van der Waals surface area contributed by atoms with E-state index >= 15 is 0 Å². The molecular weight excluding hydrogens is 356 g/mol. The summed E-state index contributed by atoms with van der Waals surface area (Å²) in [5, 5.41) is 0. The van der Waals surface area contributed by atoms with Crippen LogP contribution in [0.2, 0.25) is 0 Å². The lowest BCUT2D eigenvalue weighted by atomic mass is 9.92. The molecule has 1 aliphatic carbocycles. The van der Waals surface area contributed by atoms with E-state index in [-0.39, 0.29) is 0 Å². The van der Waals surface area contributed by atoms with E-state index in [2.05, 4.69) is 9.71 Å². The summed E-state index contributed by atoms with van der Waals surface area (Å²) in [5.41, 5.74) is 3.95. The van der Waals surface area contributed by atoms with Crippen molar-refractivity contribution in [3.05, 3.63) is 95.3 Å². The maximum Gasteiger partial charge on any atom is 0.241 e. The van der Waals surface area contributed by atoms with E-state index in [1.807, 2.05) is 60.7 Å². The molecule has 0 fully saturated rings. The second-order valence-electron chi connectivity index (χ2n) is 6.86. The lowest BCUT2D eigenvalue weighted by Gasteiger charge is -2.20. The third kappa shape index (κ3) is 3.94. The Balaban J connectivity index is 1.70. The minimum Gasteiger partial charge on any atom is -0.259 e. The summed E-state index contributed by atoms with van der Waals surface area (Å²) in [5.74, 6) is 0. The van der Waals surface area contributed by atoms with E-state index in [9.17, 15) is 8.42 Å². The Bertz CT molecular complexity index is 979. The predicted octanol–water partition coefficient (Wildman–Crippen LogP) is 4.03. The molecule has 0 bridgehead atoms. The van der Waals surface area contributed by atoms with Crippen molar-refractivity contribution >= 4 is 10.0 Å². The van der Waals surface area contributed by atoms with Gasteiger partial charge in [-0.3, -0.25) is 4.98 Å². The highest BCUT2D eigenvalue weighted by atomic mass is 32.2. The van der Waals surface area contributed by atoms with Crippen molar-refractivity contribution in [1.82, 2.24) is 9.71 Å². The van der Waals surface area contributed by atoms with Crippen LogP contribution in [0.5, 0.6) is 0 Å².